The fourth-order valence-electron chi connectivity index (χ4n) is 3.42. The van der Waals surface area contributed by atoms with Crippen LogP contribution in [0, 0.1) is 12.7 Å². The second kappa shape index (κ2) is 7.03. The van der Waals surface area contributed by atoms with E-state index in [9.17, 15) is 4.39 Å². The van der Waals surface area contributed by atoms with Crippen LogP contribution >= 0.6 is 0 Å². The molecule has 128 valence electrons. The van der Waals surface area contributed by atoms with Crippen LogP contribution in [0.15, 0.2) is 24.3 Å². The van der Waals surface area contributed by atoms with Crippen LogP contribution in [0.3, 0.4) is 0 Å². The lowest BCUT2D eigenvalue weighted by atomic mass is 9.99. The van der Waals surface area contributed by atoms with Crippen LogP contribution in [0.5, 0.6) is 5.75 Å². The number of hydrogen-bond donors (Lipinski definition) is 1. The van der Waals surface area contributed by atoms with Crippen LogP contribution in [-0.4, -0.2) is 23.6 Å². The van der Waals surface area contributed by atoms with E-state index in [0.717, 1.165) is 43.7 Å². The molecule has 1 aromatic carbocycles. The number of nitrogens with two attached hydrogens (primary N) is 1. The summed E-state index contributed by atoms with van der Waals surface area (Å²) in [6.07, 6.45) is 4.04. The van der Waals surface area contributed by atoms with E-state index in [-0.39, 0.29) is 17.8 Å². The van der Waals surface area contributed by atoms with Gasteiger partial charge < -0.3 is 15.4 Å². The molecule has 1 fully saturated rings. The predicted molar refractivity (Wildman–Crippen MR) is 92.7 cm³/mol. The van der Waals surface area contributed by atoms with Gasteiger partial charge in [-0.3, -0.25) is 0 Å². The number of aromatic nitrogens is 2. The van der Waals surface area contributed by atoms with Gasteiger partial charge in [-0.2, -0.15) is 4.98 Å². The third-order valence-electron chi connectivity index (χ3n) is 4.47. The van der Waals surface area contributed by atoms with Gasteiger partial charge >= 0.3 is 0 Å². The SMILES string of the molecule is COc1cccc(F)c1[C@H]1CCCCCN1c1cc(C)nc(N)n1. The van der Waals surface area contributed by atoms with Gasteiger partial charge in [0.25, 0.3) is 0 Å². The molecule has 1 atom stereocenters. The molecule has 0 bridgehead atoms. The Morgan fingerprint density at radius 2 is 2.08 bits per heavy atom. The second-order valence-corrected chi connectivity index (χ2v) is 6.14. The molecule has 24 heavy (non-hydrogen) atoms. The Morgan fingerprint density at radius 3 is 2.83 bits per heavy atom. The lowest BCUT2D eigenvalue weighted by molar-refractivity contribution is 0.395. The highest BCUT2D eigenvalue weighted by Crippen LogP contribution is 2.39. The molecule has 2 aromatic rings. The topological polar surface area (TPSA) is 64.3 Å². The van der Waals surface area contributed by atoms with E-state index >= 15 is 0 Å². The molecule has 5 nitrogen and oxygen atoms in total. The number of nitrogens with zero attached hydrogens (tertiary/aromatic N) is 3. The Bertz CT molecular complexity index is 702. The quantitative estimate of drug-likeness (QED) is 0.931. The first-order valence-electron chi connectivity index (χ1n) is 8.30. The minimum absolute atomic E-state index is 0.127. The van der Waals surface area contributed by atoms with Crippen LogP contribution in [0.25, 0.3) is 0 Å². The van der Waals surface area contributed by atoms with Gasteiger partial charge in [0.05, 0.1) is 18.7 Å². The van der Waals surface area contributed by atoms with Crippen molar-refractivity contribution in [3.05, 3.63) is 41.3 Å². The van der Waals surface area contributed by atoms with Crippen molar-refractivity contribution in [2.45, 2.75) is 38.6 Å². The molecule has 0 unspecified atom stereocenters. The molecule has 1 saturated heterocycles. The van der Waals surface area contributed by atoms with Gasteiger partial charge in [-0.15, -0.1) is 0 Å². The number of ether oxygens (including phenoxy) is 1. The van der Waals surface area contributed by atoms with Crippen LogP contribution in [0.4, 0.5) is 16.2 Å². The molecule has 0 saturated carbocycles. The number of anilines is 2. The van der Waals surface area contributed by atoms with Crippen molar-refractivity contribution in [2.75, 3.05) is 24.3 Å². The highest BCUT2D eigenvalue weighted by atomic mass is 19.1. The van der Waals surface area contributed by atoms with Crippen LogP contribution in [0.2, 0.25) is 0 Å². The summed E-state index contributed by atoms with van der Waals surface area (Å²) in [7, 11) is 1.58. The maximum atomic E-state index is 14.6. The van der Waals surface area contributed by atoms with Crippen LogP contribution in [-0.2, 0) is 0 Å². The number of methoxy groups -OCH3 is 1. The molecule has 0 spiro atoms. The van der Waals surface area contributed by atoms with Gasteiger partial charge in [0, 0.05) is 18.3 Å². The summed E-state index contributed by atoms with van der Waals surface area (Å²) in [5.74, 6) is 1.32. The third-order valence-corrected chi connectivity index (χ3v) is 4.47. The fraction of sp³-hybridized carbons (Fsp3) is 0.444. The van der Waals surface area contributed by atoms with Gasteiger partial charge in [-0.05, 0) is 31.9 Å². The van der Waals surface area contributed by atoms with Crippen molar-refractivity contribution in [1.82, 2.24) is 9.97 Å². The van der Waals surface area contributed by atoms with Gasteiger partial charge in [-0.1, -0.05) is 18.9 Å². The van der Waals surface area contributed by atoms with E-state index < -0.39 is 0 Å². The highest BCUT2D eigenvalue weighted by Gasteiger charge is 2.29. The van der Waals surface area contributed by atoms with Gasteiger partial charge in [0.2, 0.25) is 5.95 Å². The molecule has 1 aliphatic rings. The van der Waals surface area contributed by atoms with E-state index in [1.807, 2.05) is 13.0 Å². The molecule has 6 heteroatoms. The zero-order chi connectivity index (χ0) is 17.1. The molecule has 2 heterocycles. The molecule has 2 N–H and O–H groups in total. The lowest BCUT2D eigenvalue weighted by Crippen LogP contribution is -2.30. The standard InChI is InChI=1S/C18H23FN4O/c1-12-11-16(22-18(20)21-12)23-10-5-3-4-8-14(23)17-13(19)7-6-9-15(17)24-2/h6-7,9,11,14H,3-5,8,10H2,1-2H3,(H2,20,21,22)/t14-/m1/s1. The normalized spacial score (nSPS) is 18.3. The van der Waals surface area contributed by atoms with E-state index in [1.165, 1.54) is 6.07 Å². The molecule has 0 radical (unpaired) electrons. The average Bonchev–Trinajstić information content (AvgIpc) is 2.79. The zero-order valence-electron chi connectivity index (χ0n) is 14.1. The Kier molecular flexibility index (Phi) is 4.83. The molecule has 0 aliphatic carbocycles. The first-order chi connectivity index (χ1) is 11.6. The van der Waals surface area contributed by atoms with Gasteiger partial charge in [0.1, 0.15) is 17.4 Å². The number of rotatable bonds is 3. The van der Waals surface area contributed by atoms with Crippen molar-refractivity contribution in [2.24, 2.45) is 0 Å². The largest absolute Gasteiger partial charge is 0.496 e. The summed E-state index contributed by atoms with van der Waals surface area (Å²) < 4.78 is 20.1. The van der Waals surface area contributed by atoms with E-state index in [2.05, 4.69) is 14.9 Å². The molecular weight excluding hydrogens is 307 g/mol. The van der Waals surface area contributed by atoms with Crippen molar-refractivity contribution in [1.29, 1.82) is 0 Å². The van der Waals surface area contributed by atoms with Crippen LogP contribution in [0.1, 0.15) is 43.0 Å². The van der Waals surface area contributed by atoms with E-state index in [0.29, 0.717) is 11.3 Å². The van der Waals surface area contributed by atoms with Crippen molar-refractivity contribution in [3.8, 4) is 5.75 Å². The molecular formula is C18H23FN4O. The molecule has 1 aromatic heterocycles. The lowest BCUT2D eigenvalue weighted by Gasteiger charge is -2.32. The monoisotopic (exact) mass is 330 g/mol. The number of halogens is 1. The van der Waals surface area contributed by atoms with Gasteiger partial charge in [-0.25, -0.2) is 9.37 Å². The number of hydrogen-bond acceptors (Lipinski definition) is 5. The Hall–Kier alpha value is -2.37. The summed E-state index contributed by atoms with van der Waals surface area (Å²) in [4.78, 5) is 10.7. The summed E-state index contributed by atoms with van der Waals surface area (Å²) in [5, 5.41) is 0. The highest BCUT2D eigenvalue weighted by molar-refractivity contribution is 5.49. The molecule has 1 aliphatic heterocycles. The maximum absolute atomic E-state index is 14.6. The number of nitrogen functional groups attached to an aromatic ring is 1. The minimum atomic E-state index is -0.245. The number of benzene rings is 1. The fourth-order valence-corrected chi connectivity index (χ4v) is 3.42. The maximum Gasteiger partial charge on any atom is 0.222 e. The van der Waals surface area contributed by atoms with Crippen molar-refractivity contribution >= 4 is 11.8 Å². The summed E-state index contributed by atoms with van der Waals surface area (Å²) in [6, 6.07) is 6.74. The second-order valence-electron chi connectivity index (χ2n) is 6.14. The Morgan fingerprint density at radius 1 is 1.25 bits per heavy atom. The zero-order valence-corrected chi connectivity index (χ0v) is 14.1. The van der Waals surface area contributed by atoms with E-state index in [4.69, 9.17) is 10.5 Å². The minimum Gasteiger partial charge on any atom is -0.496 e. The summed E-state index contributed by atoms with van der Waals surface area (Å²) >= 11 is 0. The predicted octanol–water partition coefficient (Wildman–Crippen LogP) is 3.64. The molecule has 0 amide bonds. The van der Waals surface area contributed by atoms with Gasteiger partial charge in [0.15, 0.2) is 0 Å². The van der Waals surface area contributed by atoms with E-state index in [1.54, 1.807) is 19.2 Å². The third kappa shape index (κ3) is 3.27. The average molecular weight is 330 g/mol. The Labute approximate surface area is 141 Å². The van der Waals surface area contributed by atoms with Crippen molar-refractivity contribution < 1.29 is 9.13 Å². The first-order valence-corrected chi connectivity index (χ1v) is 8.30. The molecule has 3 rings (SSSR count). The Balaban J connectivity index is 2.09. The summed E-state index contributed by atoms with van der Waals surface area (Å²) in [5.41, 5.74) is 7.23. The number of aryl methyl sites for hydroxylation is 1. The first kappa shape index (κ1) is 16.5. The van der Waals surface area contributed by atoms with Crippen molar-refractivity contribution in [3.63, 3.8) is 0 Å². The van der Waals surface area contributed by atoms with Crippen LogP contribution < -0.4 is 15.4 Å². The smallest absolute Gasteiger partial charge is 0.222 e. The summed E-state index contributed by atoms with van der Waals surface area (Å²) in [6.45, 7) is 2.69.